The summed E-state index contributed by atoms with van der Waals surface area (Å²) in [5, 5.41) is 2.67. The molecule has 0 saturated heterocycles. The van der Waals surface area contributed by atoms with Crippen LogP contribution >= 0.6 is 0 Å². The SMILES string of the molecule is CCN(CC)C(=O)c1cccc(NC(=O)Cc2ccc(C(F)(F)F)cc2)c1. The van der Waals surface area contributed by atoms with Crippen molar-refractivity contribution in [3.05, 3.63) is 65.2 Å². The Kier molecular flexibility index (Phi) is 6.60. The molecule has 0 aliphatic heterocycles. The van der Waals surface area contributed by atoms with Gasteiger partial charge >= 0.3 is 6.18 Å². The van der Waals surface area contributed by atoms with E-state index in [0.717, 1.165) is 12.1 Å². The van der Waals surface area contributed by atoms with E-state index in [4.69, 9.17) is 0 Å². The highest BCUT2D eigenvalue weighted by molar-refractivity contribution is 5.97. The Morgan fingerprint density at radius 1 is 1.00 bits per heavy atom. The van der Waals surface area contributed by atoms with E-state index in [2.05, 4.69) is 5.32 Å². The van der Waals surface area contributed by atoms with Crippen LogP contribution < -0.4 is 5.32 Å². The van der Waals surface area contributed by atoms with Gasteiger partial charge in [0.2, 0.25) is 5.91 Å². The molecule has 27 heavy (non-hydrogen) atoms. The number of halogens is 3. The minimum atomic E-state index is -4.40. The molecule has 7 heteroatoms. The van der Waals surface area contributed by atoms with E-state index in [1.54, 1.807) is 29.2 Å². The largest absolute Gasteiger partial charge is 0.416 e. The highest BCUT2D eigenvalue weighted by atomic mass is 19.4. The molecule has 2 aromatic carbocycles. The van der Waals surface area contributed by atoms with Crippen LogP contribution in [-0.4, -0.2) is 29.8 Å². The number of nitrogens with one attached hydrogen (secondary N) is 1. The summed E-state index contributed by atoms with van der Waals surface area (Å²) in [4.78, 5) is 26.2. The molecular weight excluding hydrogens is 357 g/mol. The van der Waals surface area contributed by atoms with Gasteiger partial charge < -0.3 is 10.2 Å². The van der Waals surface area contributed by atoms with Gasteiger partial charge in [0, 0.05) is 24.3 Å². The van der Waals surface area contributed by atoms with Crippen LogP contribution in [0.5, 0.6) is 0 Å². The van der Waals surface area contributed by atoms with E-state index in [-0.39, 0.29) is 18.2 Å². The molecular formula is C20H21F3N2O2. The zero-order valence-electron chi connectivity index (χ0n) is 15.1. The van der Waals surface area contributed by atoms with Crippen LogP contribution in [0.25, 0.3) is 0 Å². The highest BCUT2D eigenvalue weighted by Gasteiger charge is 2.29. The van der Waals surface area contributed by atoms with Crippen LogP contribution in [0.4, 0.5) is 18.9 Å². The van der Waals surface area contributed by atoms with Crippen molar-refractivity contribution >= 4 is 17.5 Å². The fraction of sp³-hybridized carbons (Fsp3) is 0.300. The Morgan fingerprint density at radius 3 is 2.19 bits per heavy atom. The molecule has 4 nitrogen and oxygen atoms in total. The van der Waals surface area contributed by atoms with Crippen molar-refractivity contribution in [1.29, 1.82) is 0 Å². The molecule has 0 radical (unpaired) electrons. The molecule has 0 atom stereocenters. The van der Waals surface area contributed by atoms with E-state index < -0.39 is 11.7 Å². The Hall–Kier alpha value is -2.83. The number of amides is 2. The maximum absolute atomic E-state index is 12.6. The summed E-state index contributed by atoms with van der Waals surface area (Å²) in [6.45, 7) is 4.94. The number of nitrogens with zero attached hydrogens (tertiary/aromatic N) is 1. The lowest BCUT2D eigenvalue weighted by Gasteiger charge is -2.19. The van der Waals surface area contributed by atoms with E-state index in [1.165, 1.54) is 12.1 Å². The average Bonchev–Trinajstić information content (AvgIpc) is 2.62. The summed E-state index contributed by atoms with van der Waals surface area (Å²) in [6, 6.07) is 11.1. The fourth-order valence-electron chi connectivity index (χ4n) is 2.63. The van der Waals surface area contributed by atoms with Gasteiger partial charge in [-0.05, 0) is 49.7 Å². The van der Waals surface area contributed by atoms with E-state index in [0.29, 0.717) is 29.9 Å². The van der Waals surface area contributed by atoms with Crippen molar-refractivity contribution in [2.24, 2.45) is 0 Å². The fourth-order valence-corrected chi connectivity index (χ4v) is 2.63. The maximum atomic E-state index is 12.6. The molecule has 2 rings (SSSR count). The number of carbonyl (C=O) groups excluding carboxylic acids is 2. The first kappa shape index (κ1) is 20.5. The number of rotatable bonds is 6. The van der Waals surface area contributed by atoms with Gasteiger partial charge in [-0.3, -0.25) is 9.59 Å². The van der Waals surface area contributed by atoms with Gasteiger partial charge in [0.05, 0.1) is 12.0 Å². The summed E-state index contributed by atoms with van der Waals surface area (Å²) in [5.74, 6) is -0.499. The smallest absolute Gasteiger partial charge is 0.339 e. The van der Waals surface area contributed by atoms with Gasteiger partial charge in [-0.2, -0.15) is 13.2 Å². The Morgan fingerprint density at radius 2 is 1.63 bits per heavy atom. The molecule has 0 aromatic heterocycles. The van der Waals surface area contributed by atoms with Gasteiger partial charge in [-0.25, -0.2) is 0 Å². The summed E-state index contributed by atoms with van der Waals surface area (Å²) in [7, 11) is 0. The van der Waals surface area contributed by atoms with Crippen LogP contribution in [0.1, 0.15) is 35.3 Å². The number of hydrogen-bond acceptors (Lipinski definition) is 2. The van der Waals surface area contributed by atoms with Gasteiger partial charge in [-0.15, -0.1) is 0 Å². The molecule has 0 bridgehead atoms. The lowest BCUT2D eigenvalue weighted by molar-refractivity contribution is -0.137. The minimum Gasteiger partial charge on any atom is -0.339 e. The van der Waals surface area contributed by atoms with Crippen LogP contribution in [0.3, 0.4) is 0 Å². The van der Waals surface area contributed by atoms with Crippen molar-refractivity contribution in [2.75, 3.05) is 18.4 Å². The first-order valence-electron chi connectivity index (χ1n) is 8.60. The summed E-state index contributed by atoms with van der Waals surface area (Å²) in [5.41, 5.74) is 0.640. The van der Waals surface area contributed by atoms with Crippen molar-refractivity contribution in [2.45, 2.75) is 26.4 Å². The Balaban J connectivity index is 2.04. The average molecular weight is 378 g/mol. The topological polar surface area (TPSA) is 49.4 Å². The molecule has 0 saturated carbocycles. The number of alkyl halides is 3. The van der Waals surface area contributed by atoms with Crippen molar-refractivity contribution < 1.29 is 22.8 Å². The summed E-state index contributed by atoms with van der Waals surface area (Å²) in [6.07, 6.45) is -4.47. The maximum Gasteiger partial charge on any atom is 0.416 e. The molecule has 0 fully saturated rings. The third kappa shape index (κ3) is 5.57. The molecule has 0 aliphatic rings. The zero-order valence-corrected chi connectivity index (χ0v) is 15.1. The molecule has 0 unspecified atom stereocenters. The van der Waals surface area contributed by atoms with Gasteiger partial charge in [0.25, 0.3) is 5.91 Å². The lowest BCUT2D eigenvalue weighted by Crippen LogP contribution is -2.30. The number of benzene rings is 2. The van der Waals surface area contributed by atoms with Crippen LogP contribution in [0.2, 0.25) is 0 Å². The van der Waals surface area contributed by atoms with Gasteiger partial charge in [-0.1, -0.05) is 18.2 Å². The predicted molar refractivity (Wildman–Crippen MR) is 97.5 cm³/mol. The second-order valence-electron chi connectivity index (χ2n) is 5.98. The zero-order chi connectivity index (χ0) is 20.0. The monoisotopic (exact) mass is 378 g/mol. The normalized spacial score (nSPS) is 11.1. The first-order chi connectivity index (χ1) is 12.7. The number of carbonyl (C=O) groups is 2. The van der Waals surface area contributed by atoms with Gasteiger partial charge in [0.15, 0.2) is 0 Å². The second kappa shape index (κ2) is 8.70. The predicted octanol–water partition coefficient (Wildman–Crippen LogP) is 4.37. The van der Waals surface area contributed by atoms with E-state index >= 15 is 0 Å². The molecule has 1 N–H and O–H groups in total. The standard InChI is InChI=1S/C20H21F3N2O2/c1-3-25(4-2)19(27)15-6-5-7-17(13-15)24-18(26)12-14-8-10-16(11-9-14)20(21,22)23/h5-11,13H,3-4,12H2,1-2H3,(H,24,26). The van der Waals surface area contributed by atoms with E-state index in [9.17, 15) is 22.8 Å². The minimum absolute atomic E-state index is 0.0631. The Bertz CT molecular complexity index is 798. The summed E-state index contributed by atoms with van der Waals surface area (Å²) >= 11 is 0. The lowest BCUT2D eigenvalue weighted by atomic mass is 10.1. The van der Waals surface area contributed by atoms with Gasteiger partial charge in [0.1, 0.15) is 0 Å². The molecule has 0 heterocycles. The van der Waals surface area contributed by atoms with E-state index in [1.807, 2.05) is 13.8 Å². The van der Waals surface area contributed by atoms with Crippen LogP contribution in [0.15, 0.2) is 48.5 Å². The molecule has 2 amide bonds. The van der Waals surface area contributed by atoms with Crippen molar-refractivity contribution in [1.82, 2.24) is 4.90 Å². The highest BCUT2D eigenvalue weighted by Crippen LogP contribution is 2.29. The number of hydrogen-bond donors (Lipinski definition) is 1. The Labute approximate surface area is 156 Å². The molecule has 0 aliphatic carbocycles. The molecule has 144 valence electrons. The van der Waals surface area contributed by atoms with Crippen molar-refractivity contribution in [3.8, 4) is 0 Å². The summed E-state index contributed by atoms with van der Waals surface area (Å²) < 4.78 is 37.7. The number of anilines is 1. The quantitative estimate of drug-likeness (QED) is 0.812. The molecule has 2 aromatic rings. The van der Waals surface area contributed by atoms with Crippen molar-refractivity contribution in [3.63, 3.8) is 0 Å². The molecule has 0 spiro atoms. The second-order valence-corrected chi connectivity index (χ2v) is 5.98. The third-order valence-corrected chi connectivity index (χ3v) is 4.09. The third-order valence-electron chi connectivity index (χ3n) is 4.09. The van der Waals surface area contributed by atoms with Crippen LogP contribution in [-0.2, 0) is 17.4 Å². The van der Waals surface area contributed by atoms with Crippen LogP contribution in [0, 0.1) is 0 Å². The first-order valence-corrected chi connectivity index (χ1v) is 8.60.